The van der Waals surface area contributed by atoms with Crippen molar-refractivity contribution in [3.05, 3.63) is 18.1 Å². The third-order valence-electron chi connectivity index (χ3n) is 3.78. The highest BCUT2D eigenvalue weighted by molar-refractivity contribution is 7.91. The molecule has 1 saturated heterocycles. The number of rotatable bonds is 7. The molecule has 1 aromatic heterocycles. The molecular weight excluding hydrogens is 320 g/mol. The van der Waals surface area contributed by atoms with Crippen LogP contribution in [-0.4, -0.2) is 74.0 Å². The molecule has 1 N–H and O–H groups in total. The highest BCUT2D eigenvalue weighted by Crippen LogP contribution is 2.18. The lowest BCUT2D eigenvalue weighted by atomic mass is 10.2. The third kappa shape index (κ3) is 4.87. The molecule has 1 atom stereocenters. The summed E-state index contributed by atoms with van der Waals surface area (Å²) >= 11 is 0. The quantitative estimate of drug-likeness (QED) is 0.706. The van der Waals surface area contributed by atoms with Crippen LogP contribution < -0.4 is 5.32 Å². The molecule has 23 heavy (non-hydrogen) atoms. The number of sulfone groups is 1. The van der Waals surface area contributed by atoms with Gasteiger partial charge in [0.05, 0.1) is 23.9 Å². The zero-order valence-electron chi connectivity index (χ0n) is 13.4. The van der Waals surface area contributed by atoms with Crippen molar-refractivity contribution in [2.75, 3.05) is 44.1 Å². The maximum atomic E-state index is 12.3. The molecule has 8 nitrogen and oxygen atoms in total. The molecule has 1 aromatic rings. The summed E-state index contributed by atoms with van der Waals surface area (Å²) in [5.41, 5.74) is 0.208. The molecule has 0 bridgehead atoms. The molecule has 1 aliphatic heterocycles. The fraction of sp³-hybridized carbons (Fsp3) is 0.643. The van der Waals surface area contributed by atoms with Crippen molar-refractivity contribution in [2.24, 2.45) is 0 Å². The molecule has 9 heteroatoms. The lowest BCUT2D eigenvalue weighted by Crippen LogP contribution is -2.38. The summed E-state index contributed by atoms with van der Waals surface area (Å²) in [7, 11) is 0.221. The number of aromatic nitrogens is 2. The molecule has 0 spiro atoms. The largest absolute Gasteiger partial charge is 0.385 e. The maximum Gasteiger partial charge on any atom is 0.274 e. The number of methoxy groups -OCH3 is 1. The van der Waals surface area contributed by atoms with Crippen molar-refractivity contribution in [1.29, 1.82) is 0 Å². The third-order valence-corrected chi connectivity index (χ3v) is 5.53. The lowest BCUT2D eigenvalue weighted by Gasteiger charge is -2.22. The summed E-state index contributed by atoms with van der Waals surface area (Å²) in [6.07, 6.45) is 4.22. The van der Waals surface area contributed by atoms with Crippen LogP contribution in [0.25, 0.3) is 0 Å². The second kappa shape index (κ2) is 7.69. The van der Waals surface area contributed by atoms with Crippen LogP contribution in [0.15, 0.2) is 12.4 Å². The van der Waals surface area contributed by atoms with Gasteiger partial charge in [-0.25, -0.2) is 18.4 Å². The van der Waals surface area contributed by atoms with Gasteiger partial charge in [-0.05, 0) is 12.8 Å². The summed E-state index contributed by atoms with van der Waals surface area (Å²) in [6, 6.07) is -0.291. The second-order valence-corrected chi connectivity index (χ2v) is 7.76. The zero-order valence-corrected chi connectivity index (χ0v) is 14.2. The number of carbonyl (C=O) groups is 1. The van der Waals surface area contributed by atoms with E-state index in [1.54, 1.807) is 14.2 Å². The number of nitrogens with zero attached hydrogens (tertiary/aromatic N) is 3. The molecule has 128 valence electrons. The topological polar surface area (TPSA) is 101 Å². The summed E-state index contributed by atoms with van der Waals surface area (Å²) in [5, 5.41) is 3.08. The lowest BCUT2D eigenvalue weighted by molar-refractivity contribution is 0.0741. The van der Waals surface area contributed by atoms with Crippen LogP contribution in [0.3, 0.4) is 0 Å². The van der Waals surface area contributed by atoms with Gasteiger partial charge in [-0.2, -0.15) is 0 Å². The van der Waals surface area contributed by atoms with Crippen LogP contribution in [0.5, 0.6) is 0 Å². The average molecular weight is 342 g/mol. The molecule has 1 amide bonds. The fourth-order valence-corrected chi connectivity index (χ4v) is 4.16. The molecule has 0 radical (unpaired) electrons. The highest BCUT2D eigenvalue weighted by atomic mass is 32.2. The van der Waals surface area contributed by atoms with Crippen LogP contribution in [0, 0.1) is 0 Å². The van der Waals surface area contributed by atoms with Gasteiger partial charge in [0.15, 0.2) is 9.84 Å². The Balaban J connectivity index is 1.92. The summed E-state index contributed by atoms with van der Waals surface area (Å²) < 4.78 is 28.0. The molecule has 1 fully saturated rings. The second-order valence-electron chi connectivity index (χ2n) is 5.53. The first kappa shape index (κ1) is 17.6. The standard InChI is InChI=1S/C14H22N4O4S/c1-18(11-4-7-23(20,21)10-11)14(19)12-8-17-13(9-16-12)15-5-3-6-22-2/h8-9,11H,3-7,10H2,1-2H3,(H,15,17). The van der Waals surface area contributed by atoms with Crippen LogP contribution in [0.1, 0.15) is 23.3 Å². The van der Waals surface area contributed by atoms with Gasteiger partial charge in [0.1, 0.15) is 11.5 Å². The smallest absolute Gasteiger partial charge is 0.274 e. The molecule has 0 saturated carbocycles. The minimum Gasteiger partial charge on any atom is -0.385 e. The molecule has 1 aliphatic rings. The van der Waals surface area contributed by atoms with Crippen molar-refractivity contribution in [2.45, 2.75) is 18.9 Å². The van der Waals surface area contributed by atoms with Gasteiger partial charge >= 0.3 is 0 Å². The minimum absolute atomic E-state index is 0.0157. The predicted molar refractivity (Wildman–Crippen MR) is 86.2 cm³/mol. The van der Waals surface area contributed by atoms with E-state index in [0.29, 0.717) is 25.4 Å². The van der Waals surface area contributed by atoms with Crippen LogP contribution >= 0.6 is 0 Å². The fourth-order valence-electron chi connectivity index (χ4n) is 2.39. The average Bonchev–Trinajstić information content (AvgIpc) is 2.91. The number of ether oxygens (including phenoxy) is 1. The van der Waals surface area contributed by atoms with Crippen molar-refractivity contribution >= 4 is 21.6 Å². The van der Waals surface area contributed by atoms with Gasteiger partial charge in [-0.1, -0.05) is 0 Å². The Labute approximate surface area is 136 Å². The Morgan fingerprint density at radius 2 is 2.22 bits per heavy atom. The van der Waals surface area contributed by atoms with Crippen LogP contribution in [0.4, 0.5) is 5.82 Å². The highest BCUT2D eigenvalue weighted by Gasteiger charge is 2.33. The van der Waals surface area contributed by atoms with Crippen LogP contribution in [0.2, 0.25) is 0 Å². The molecule has 0 aliphatic carbocycles. The molecular formula is C14H22N4O4S. The number of hydrogen-bond donors (Lipinski definition) is 1. The van der Waals surface area contributed by atoms with E-state index in [4.69, 9.17) is 4.74 Å². The Morgan fingerprint density at radius 1 is 1.43 bits per heavy atom. The Hall–Kier alpha value is -1.74. The Bertz CT molecular complexity index is 633. The normalized spacial score (nSPS) is 19.5. The first-order valence-corrected chi connectivity index (χ1v) is 9.27. The van der Waals surface area contributed by atoms with Gasteiger partial charge < -0.3 is 15.0 Å². The summed E-state index contributed by atoms with van der Waals surface area (Å²) in [4.78, 5) is 22.1. The number of amides is 1. The summed E-state index contributed by atoms with van der Waals surface area (Å²) in [6.45, 7) is 1.36. The van der Waals surface area contributed by atoms with Crippen molar-refractivity contribution in [1.82, 2.24) is 14.9 Å². The van der Waals surface area contributed by atoms with E-state index in [-0.39, 0.29) is 29.1 Å². The van der Waals surface area contributed by atoms with E-state index in [9.17, 15) is 13.2 Å². The first-order chi connectivity index (χ1) is 10.9. The molecule has 0 aromatic carbocycles. The maximum absolute atomic E-state index is 12.3. The van der Waals surface area contributed by atoms with E-state index < -0.39 is 9.84 Å². The van der Waals surface area contributed by atoms with Gasteiger partial charge in [-0.15, -0.1) is 0 Å². The molecule has 2 rings (SSSR count). The number of anilines is 1. The van der Waals surface area contributed by atoms with Crippen molar-refractivity contribution in [3.8, 4) is 0 Å². The number of carbonyl (C=O) groups excluding carboxylic acids is 1. The Morgan fingerprint density at radius 3 is 2.78 bits per heavy atom. The Kier molecular flexibility index (Phi) is 5.89. The van der Waals surface area contributed by atoms with E-state index in [1.165, 1.54) is 17.3 Å². The SMILES string of the molecule is COCCCNc1cnc(C(=O)N(C)C2CCS(=O)(=O)C2)cn1. The van der Waals surface area contributed by atoms with E-state index >= 15 is 0 Å². The summed E-state index contributed by atoms with van der Waals surface area (Å²) in [5.74, 6) is 0.418. The molecule has 2 heterocycles. The van der Waals surface area contributed by atoms with E-state index in [2.05, 4.69) is 15.3 Å². The van der Waals surface area contributed by atoms with E-state index in [0.717, 1.165) is 6.42 Å². The zero-order chi connectivity index (χ0) is 16.9. The monoisotopic (exact) mass is 342 g/mol. The van der Waals surface area contributed by atoms with Crippen molar-refractivity contribution < 1.29 is 17.9 Å². The minimum atomic E-state index is -3.03. The van der Waals surface area contributed by atoms with E-state index in [1.807, 2.05) is 0 Å². The number of nitrogens with one attached hydrogen (secondary N) is 1. The predicted octanol–water partition coefficient (Wildman–Crippen LogP) is 0.184. The van der Waals surface area contributed by atoms with Crippen LogP contribution in [-0.2, 0) is 14.6 Å². The van der Waals surface area contributed by atoms with Gasteiger partial charge in [0.2, 0.25) is 0 Å². The van der Waals surface area contributed by atoms with Gasteiger partial charge in [0.25, 0.3) is 5.91 Å². The van der Waals surface area contributed by atoms with Gasteiger partial charge in [0, 0.05) is 33.4 Å². The van der Waals surface area contributed by atoms with Crippen molar-refractivity contribution in [3.63, 3.8) is 0 Å². The van der Waals surface area contributed by atoms with Gasteiger partial charge in [-0.3, -0.25) is 4.79 Å². The molecule has 1 unspecified atom stereocenters. The first-order valence-electron chi connectivity index (χ1n) is 7.45. The number of hydrogen-bond acceptors (Lipinski definition) is 7.